The molecule has 0 heterocycles. The topological polar surface area (TPSA) is 72.6 Å². The van der Waals surface area contributed by atoms with Crippen LogP contribution in [0.3, 0.4) is 0 Å². The van der Waals surface area contributed by atoms with Gasteiger partial charge in [-0.05, 0) is 0 Å². The van der Waals surface area contributed by atoms with Gasteiger partial charge in [0.15, 0.2) is 5.12 Å². The molecule has 1 atom stereocenters. The number of nitrogens with two attached hydrogens (primary N) is 1. The number of hydrogen-bond acceptors (Lipinski definition) is 5. The summed E-state index contributed by atoms with van der Waals surface area (Å²) in [4.78, 5) is 11.2. The Morgan fingerprint density at radius 3 is 2.85 bits per heavy atom. The summed E-state index contributed by atoms with van der Waals surface area (Å²) in [6.45, 7) is 3.06. The predicted octanol–water partition coefficient (Wildman–Crippen LogP) is -0.150. The van der Waals surface area contributed by atoms with Gasteiger partial charge in [0.1, 0.15) is 0 Å². The van der Waals surface area contributed by atoms with Gasteiger partial charge < -0.3 is 15.6 Å². The Hall–Kier alpha value is -0.100. The summed E-state index contributed by atoms with van der Waals surface area (Å²) in [6, 6.07) is 0. The first-order valence-electron chi connectivity index (χ1n) is 4.27. The minimum atomic E-state index is -0.0807. The van der Waals surface area contributed by atoms with Gasteiger partial charge in [-0.1, -0.05) is 18.7 Å². The van der Waals surface area contributed by atoms with Crippen molar-refractivity contribution in [2.45, 2.75) is 6.92 Å². The standard InChI is InChI=1S/C8H17NO3S/c1-7(6-9)8(11)13-5-4-12-3-2-10/h7,10H,2-6,9H2,1H3. The molecule has 0 aromatic heterocycles. The van der Waals surface area contributed by atoms with E-state index in [-0.39, 0.29) is 17.6 Å². The smallest absolute Gasteiger partial charge is 0.193 e. The Labute approximate surface area is 82.8 Å². The van der Waals surface area contributed by atoms with Gasteiger partial charge in [0.2, 0.25) is 0 Å². The second kappa shape index (κ2) is 8.50. The van der Waals surface area contributed by atoms with Crippen LogP contribution in [0, 0.1) is 5.92 Å². The van der Waals surface area contributed by atoms with Crippen molar-refractivity contribution in [3.8, 4) is 0 Å². The van der Waals surface area contributed by atoms with Crippen molar-refractivity contribution in [3.63, 3.8) is 0 Å². The second-order valence-electron chi connectivity index (χ2n) is 2.64. The van der Waals surface area contributed by atoms with Crippen molar-refractivity contribution < 1.29 is 14.6 Å². The molecular formula is C8H17NO3S. The van der Waals surface area contributed by atoms with E-state index in [1.165, 1.54) is 11.8 Å². The molecule has 3 N–H and O–H groups in total. The third-order valence-corrected chi connectivity index (χ3v) is 2.52. The highest BCUT2D eigenvalue weighted by molar-refractivity contribution is 8.13. The molecule has 0 saturated heterocycles. The summed E-state index contributed by atoms with van der Waals surface area (Å²) < 4.78 is 4.99. The maximum atomic E-state index is 11.2. The molecule has 0 aliphatic rings. The number of thioether (sulfide) groups is 1. The Balaban J connectivity index is 3.27. The van der Waals surface area contributed by atoms with Crippen LogP contribution in [-0.4, -0.2) is 42.3 Å². The van der Waals surface area contributed by atoms with Gasteiger partial charge >= 0.3 is 0 Å². The zero-order valence-corrected chi connectivity index (χ0v) is 8.68. The van der Waals surface area contributed by atoms with E-state index in [0.29, 0.717) is 25.5 Å². The first-order chi connectivity index (χ1) is 6.22. The lowest BCUT2D eigenvalue weighted by atomic mass is 10.2. The number of carbonyl (C=O) groups is 1. The predicted molar refractivity (Wildman–Crippen MR) is 53.6 cm³/mol. The lowest BCUT2D eigenvalue weighted by Crippen LogP contribution is -2.18. The fourth-order valence-corrected chi connectivity index (χ4v) is 1.39. The molecule has 0 bridgehead atoms. The number of carbonyl (C=O) groups excluding carboxylic acids is 1. The molecule has 0 aliphatic carbocycles. The van der Waals surface area contributed by atoms with Crippen LogP contribution in [-0.2, 0) is 9.53 Å². The molecule has 0 saturated carbocycles. The van der Waals surface area contributed by atoms with Crippen LogP contribution in [0.5, 0.6) is 0 Å². The quantitative estimate of drug-likeness (QED) is 0.568. The van der Waals surface area contributed by atoms with Gasteiger partial charge in [-0.25, -0.2) is 0 Å². The van der Waals surface area contributed by atoms with E-state index in [1.807, 2.05) is 6.92 Å². The van der Waals surface area contributed by atoms with Crippen LogP contribution >= 0.6 is 11.8 Å². The average molecular weight is 207 g/mol. The van der Waals surface area contributed by atoms with Crippen LogP contribution in [0.4, 0.5) is 0 Å². The first-order valence-corrected chi connectivity index (χ1v) is 5.26. The molecule has 0 fully saturated rings. The number of ether oxygens (including phenoxy) is 1. The lowest BCUT2D eigenvalue weighted by Gasteiger charge is -2.06. The summed E-state index contributed by atoms with van der Waals surface area (Å²) in [5, 5.41) is 8.49. The molecule has 0 aromatic carbocycles. The van der Waals surface area contributed by atoms with Crippen LogP contribution in [0.25, 0.3) is 0 Å². The van der Waals surface area contributed by atoms with E-state index in [4.69, 9.17) is 15.6 Å². The molecule has 13 heavy (non-hydrogen) atoms. The van der Waals surface area contributed by atoms with Crippen molar-refractivity contribution in [1.29, 1.82) is 0 Å². The fourth-order valence-electron chi connectivity index (χ4n) is 0.606. The highest BCUT2D eigenvalue weighted by Crippen LogP contribution is 2.09. The minimum absolute atomic E-state index is 0.0256. The Morgan fingerprint density at radius 1 is 1.62 bits per heavy atom. The van der Waals surface area contributed by atoms with E-state index in [2.05, 4.69) is 0 Å². The largest absolute Gasteiger partial charge is 0.394 e. The van der Waals surface area contributed by atoms with E-state index < -0.39 is 0 Å². The average Bonchev–Trinajstić information content (AvgIpc) is 2.16. The number of hydrogen-bond donors (Lipinski definition) is 2. The highest BCUT2D eigenvalue weighted by Gasteiger charge is 2.10. The molecule has 1 unspecified atom stereocenters. The third kappa shape index (κ3) is 7.01. The molecule has 0 aliphatic heterocycles. The summed E-state index contributed by atoms with van der Waals surface area (Å²) >= 11 is 1.23. The molecule has 0 spiro atoms. The number of aliphatic hydroxyl groups excluding tert-OH is 1. The molecule has 0 aromatic rings. The maximum absolute atomic E-state index is 11.2. The minimum Gasteiger partial charge on any atom is -0.394 e. The second-order valence-corrected chi connectivity index (χ2v) is 3.74. The molecule has 78 valence electrons. The molecule has 0 radical (unpaired) electrons. The van der Waals surface area contributed by atoms with Crippen molar-refractivity contribution in [1.82, 2.24) is 0 Å². The monoisotopic (exact) mass is 207 g/mol. The lowest BCUT2D eigenvalue weighted by molar-refractivity contribution is -0.113. The number of rotatable bonds is 7. The van der Waals surface area contributed by atoms with Crippen LogP contribution in [0.2, 0.25) is 0 Å². The Kier molecular flexibility index (Phi) is 8.43. The molecule has 5 heteroatoms. The van der Waals surface area contributed by atoms with Gasteiger partial charge in [0.25, 0.3) is 0 Å². The molecule has 0 amide bonds. The van der Waals surface area contributed by atoms with Crippen molar-refractivity contribution in [2.24, 2.45) is 11.7 Å². The molecule has 4 nitrogen and oxygen atoms in total. The van der Waals surface area contributed by atoms with Crippen molar-refractivity contribution in [3.05, 3.63) is 0 Å². The fraction of sp³-hybridized carbons (Fsp3) is 0.875. The Bertz CT molecular complexity index is 143. The molecular weight excluding hydrogens is 190 g/mol. The van der Waals surface area contributed by atoms with Gasteiger partial charge in [-0.15, -0.1) is 0 Å². The van der Waals surface area contributed by atoms with E-state index >= 15 is 0 Å². The summed E-state index contributed by atoms with van der Waals surface area (Å²) in [7, 11) is 0. The van der Waals surface area contributed by atoms with Gasteiger partial charge in [0.05, 0.1) is 19.8 Å². The van der Waals surface area contributed by atoms with E-state index in [9.17, 15) is 4.79 Å². The SMILES string of the molecule is CC(CN)C(=O)SCCOCCO. The first kappa shape index (κ1) is 12.9. The van der Waals surface area contributed by atoms with Gasteiger partial charge in [-0.3, -0.25) is 4.79 Å². The zero-order valence-electron chi connectivity index (χ0n) is 7.86. The van der Waals surface area contributed by atoms with E-state index in [1.54, 1.807) is 0 Å². The van der Waals surface area contributed by atoms with Crippen LogP contribution < -0.4 is 5.73 Å². The summed E-state index contributed by atoms with van der Waals surface area (Å²) in [5.74, 6) is 0.547. The van der Waals surface area contributed by atoms with Crippen molar-refractivity contribution in [2.75, 3.05) is 32.1 Å². The maximum Gasteiger partial charge on any atom is 0.193 e. The van der Waals surface area contributed by atoms with Gasteiger partial charge in [0, 0.05) is 18.2 Å². The zero-order chi connectivity index (χ0) is 10.1. The third-order valence-electron chi connectivity index (χ3n) is 1.46. The van der Waals surface area contributed by atoms with E-state index in [0.717, 1.165) is 0 Å². The molecule has 0 rings (SSSR count). The van der Waals surface area contributed by atoms with Crippen LogP contribution in [0.1, 0.15) is 6.92 Å². The van der Waals surface area contributed by atoms with Crippen LogP contribution in [0.15, 0.2) is 0 Å². The normalized spacial score (nSPS) is 12.8. The van der Waals surface area contributed by atoms with Crippen molar-refractivity contribution >= 4 is 16.9 Å². The summed E-state index contributed by atoms with van der Waals surface area (Å²) in [5.41, 5.74) is 5.33. The Morgan fingerprint density at radius 2 is 2.31 bits per heavy atom. The summed E-state index contributed by atoms with van der Waals surface area (Å²) in [6.07, 6.45) is 0. The number of aliphatic hydroxyl groups is 1. The highest BCUT2D eigenvalue weighted by atomic mass is 32.2. The van der Waals surface area contributed by atoms with Gasteiger partial charge in [-0.2, -0.15) is 0 Å².